The van der Waals surface area contributed by atoms with Crippen molar-refractivity contribution < 1.29 is 9.90 Å². The maximum absolute atomic E-state index is 12.3. The lowest BCUT2D eigenvalue weighted by Gasteiger charge is -2.34. The maximum atomic E-state index is 12.3. The van der Waals surface area contributed by atoms with Crippen molar-refractivity contribution in [3.8, 4) is 0 Å². The molecular weight excluding hydrogens is 244 g/mol. The third kappa shape index (κ3) is 2.73. The molecule has 19 heavy (non-hydrogen) atoms. The van der Waals surface area contributed by atoms with Gasteiger partial charge in [-0.25, -0.2) is 0 Å². The zero-order valence-corrected chi connectivity index (χ0v) is 11.6. The fourth-order valence-electron chi connectivity index (χ4n) is 2.60. The number of nitrogen functional groups attached to an aromatic ring is 1. The topological polar surface area (TPSA) is 84.4 Å². The molecule has 1 aromatic heterocycles. The lowest BCUT2D eigenvalue weighted by atomic mass is 10.0. The number of aliphatic hydroxyl groups excluding tert-OH is 1. The highest BCUT2D eigenvalue weighted by Crippen LogP contribution is 2.19. The van der Waals surface area contributed by atoms with E-state index in [0.29, 0.717) is 5.69 Å². The Morgan fingerprint density at radius 2 is 2.21 bits per heavy atom. The van der Waals surface area contributed by atoms with Crippen molar-refractivity contribution in [3.63, 3.8) is 0 Å². The minimum Gasteiger partial charge on any atom is -0.396 e. The van der Waals surface area contributed by atoms with Gasteiger partial charge in [0, 0.05) is 6.54 Å². The smallest absolute Gasteiger partial charge is 0.244 e. The number of nitrogens with zero attached hydrogens (tertiary/aromatic N) is 3. The van der Waals surface area contributed by atoms with E-state index in [1.54, 1.807) is 9.58 Å². The largest absolute Gasteiger partial charge is 0.396 e. The second kappa shape index (κ2) is 5.61. The summed E-state index contributed by atoms with van der Waals surface area (Å²) in [6.45, 7) is 4.65. The Bertz CT molecular complexity index is 469. The van der Waals surface area contributed by atoms with Gasteiger partial charge in [-0.2, -0.15) is 5.10 Å². The number of anilines is 1. The summed E-state index contributed by atoms with van der Waals surface area (Å²) in [6.07, 6.45) is 2.95. The van der Waals surface area contributed by atoms with Gasteiger partial charge in [-0.05, 0) is 33.1 Å². The number of rotatable bonds is 3. The van der Waals surface area contributed by atoms with Crippen molar-refractivity contribution in [2.75, 3.05) is 18.9 Å². The molecule has 1 aromatic rings. The van der Waals surface area contributed by atoms with Gasteiger partial charge in [-0.15, -0.1) is 0 Å². The van der Waals surface area contributed by atoms with Crippen LogP contribution in [0.4, 0.5) is 5.69 Å². The second-order valence-corrected chi connectivity index (χ2v) is 5.16. The van der Waals surface area contributed by atoms with Gasteiger partial charge in [-0.1, -0.05) is 0 Å². The first-order valence-electron chi connectivity index (χ1n) is 6.74. The van der Waals surface area contributed by atoms with Crippen molar-refractivity contribution in [2.24, 2.45) is 0 Å². The molecule has 2 rings (SSSR count). The molecule has 1 unspecified atom stereocenters. The third-order valence-electron chi connectivity index (χ3n) is 3.88. The first kappa shape index (κ1) is 13.9. The van der Waals surface area contributed by atoms with Gasteiger partial charge in [0.2, 0.25) is 5.91 Å². The van der Waals surface area contributed by atoms with Crippen LogP contribution in [0, 0.1) is 13.8 Å². The average molecular weight is 266 g/mol. The number of hydrogen-bond donors (Lipinski definition) is 2. The number of carbonyl (C=O) groups excluding carboxylic acids is 1. The molecule has 1 saturated heterocycles. The molecule has 6 nitrogen and oxygen atoms in total. The number of piperidine rings is 1. The molecule has 0 spiro atoms. The summed E-state index contributed by atoms with van der Waals surface area (Å²) < 4.78 is 1.65. The molecular formula is C13H22N4O2. The van der Waals surface area contributed by atoms with Crippen molar-refractivity contribution in [2.45, 2.75) is 45.7 Å². The predicted octanol–water partition coefficient (Wildman–Crippen LogP) is 0.456. The molecule has 1 amide bonds. The van der Waals surface area contributed by atoms with Crippen molar-refractivity contribution >= 4 is 11.6 Å². The molecule has 6 heteroatoms. The summed E-state index contributed by atoms with van der Waals surface area (Å²) in [5, 5.41) is 13.6. The molecule has 0 aliphatic carbocycles. The van der Waals surface area contributed by atoms with E-state index in [4.69, 9.17) is 5.73 Å². The van der Waals surface area contributed by atoms with Crippen LogP contribution in [0.3, 0.4) is 0 Å². The summed E-state index contributed by atoms with van der Waals surface area (Å²) in [5.41, 5.74) is 8.08. The van der Waals surface area contributed by atoms with Crippen LogP contribution < -0.4 is 5.73 Å². The van der Waals surface area contributed by atoms with E-state index < -0.39 is 0 Å². The Kier molecular flexibility index (Phi) is 4.09. The fraction of sp³-hybridized carbons (Fsp3) is 0.692. The minimum atomic E-state index is -0.0458. The number of aromatic nitrogens is 2. The van der Waals surface area contributed by atoms with E-state index >= 15 is 0 Å². The molecule has 1 aliphatic rings. The van der Waals surface area contributed by atoms with E-state index in [1.807, 2.05) is 13.8 Å². The highest BCUT2D eigenvalue weighted by Gasteiger charge is 2.26. The molecule has 1 atom stereocenters. The molecule has 3 N–H and O–H groups in total. The van der Waals surface area contributed by atoms with Gasteiger partial charge in [0.15, 0.2) is 0 Å². The van der Waals surface area contributed by atoms with Crippen LogP contribution in [0.5, 0.6) is 0 Å². The number of carbonyl (C=O) groups is 1. The standard InChI is InChI=1S/C13H22N4O2/c1-9-13(14)10(2)17(15-9)7-12(19)16-6-4-3-5-11(16)8-18/h11,18H,3-8,14H2,1-2H3. The zero-order valence-electron chi connectivity index (χ0n) is 11.6. The predicted molar refractivity (Wildman–Crippen MR) is 72.6 cm³/mol. The Morgan fingerprint density at radius 1 is 1.47 bits per heavy atom. The molecule has 1 aliphatic heterocycles. The Morgan fingerprint density at radius 3 is 2.79 bits per heavy atom. The molecule has 0 saturated carbocycles. The SMILES string of the molecule is Cc1nn(CC(=O)N2CCCCC2CO)c(C)c1N. The average Bonchev–Trinajstić information content (AvgIpc) is 2.66. The second-order valence-electron chi connectivity index (χ2n) is 5.16. The number of likely N-dealkylation sites (tertiary alicyclic amines) is 1. The van der Waals surface area contributed by atoms with Crippen LogP contribution in [0.2, 0.25) is 0 Å². The van der Waals surface area contributed by atoms with Crippen LogP contribution in [0.15, 0.2) is 0 Å². The number of amides is 1. The zero-order chi connectivity index (χ0) is 14.0. The van der Waals surface area contributed by atoms with Crippen LogP contribution in [-0.4, -0.2) is 44.9 Å². The number of aryl methyl sites for hydroxylation is 1. The van der Waals surface area contributed by atoms with Crippen LogP contribution >= 0.6 is 0 Å². The summed E-state index contributed by atoms with van der Waals surface area (Å²) >= 11 is 0. The summed E-state index contributed by atoms with van der Waals surface area (Å²) in [4.78, 5) is 14.1. The van der Waals surface area contributed by atoms with Crippen molar-refractivity contribution in [3.05, 3.63) is 11.4 Å². The summed E-state index contributed by atoms with van der Waals surface area (Å²) in [7, 11) is 0. The highest BCUT2D eigenvalue weighted by atomic mass is 16.3. The molecule has 0 aromatic carbocycles. The lowest BCUT2D eigenvalue weighted by Crippen LogP contribution is -2.47. The van der Waals surface area contributed by atoms with Crippen LogP contribution in [0.25, 0.3) is 0 Å². The number of hydrogen-bond acceptors (Lipinski definition) is 4. The Hall–Kier alpha value is -1.56. The molecule has 106 valence electrons. The van der Waals surface area contributed by atoms with Gasteiger partial charge in [0.1, 0.15) is 6.54 Å². The quantitative estimate of drug-likeness (QED) is 0.832. The Labute approximate surface area is 113 Å². The van der Waals surface area contributed by atoms with Gasteiger partial charge in [0.05, 0.1) is 29.7 Å². The first-order chi connectivity index (χ1) is 9.04. The van der Waals surface area contributed by atoms with Gasteiger partial charge >= 0.3 is 0 Å². The van der Waals surface area contributed by atoms with Crippen LogP contribution in [-0.2, 0) is 11.3 Å². The van der Waals surface area contributed by atoms with E-state index in [0.717, 1.165) is 37.2 Å². The molecule has 2 heterocycles. The highest BCUT2D eigenvalue weighted by molar-refractivity contribution is 5.76. The van der Waals surface area contributed by atoms with Crippen molar-refractivity contribution in [1.82, 2.24) is 14.7 Å². The van der Waals surface area contributed by atoms with E-state index in [9.17, 15) is 9.90 Å². The summed E-state index contributed by atoms with van der Waals surface area (Å²) in [5.74, 6) is 0.00403. The van der Waals surface area contributed by atoms with Gasteiger partial charge in [0.25, 0.3) is 0 Å². The van der Waals surface area contributed by atoms with E-state index in [2.05, 4.69) is 5.10 Å². The third-order valence-corrected chi connectivity index (χ3v) is 3.88. The molecule has 1 fully saturated rings. The monoisotopic (exact) mass is 266 g/mol. The Balaban J connectivity index is 2.09. The van der Waals surface area contributed by atoms with E-state index in [-0.39, 0.29) is 25.1 Å². The van der Waals surface area contributed by atoms with Crippen molar-refractivity contribution in [1.29, 1.82) is 0 Å². The molecule has 0 radical (unpaired) electrons. The lowest BCUT2D eigenvalue weighted by molar-refractivity contribution is -0.136. The summed E-state index contributed by atoms with van der Waals surface area (Å²) in [6, 6.07) is -0.0458. The fourth-order valence-corrected chi connectivity index (χ4v) is 2.60. The van der Waals surface area contributed by atoms with E-state index in [1.165, 1.54) is 0 Å². The van der Waals surface area contributed by atoms with Crippen LogP contribution in [0.1, 0.15) is 30.7 Å². The van der Waals surface area contributed by atoms with Gasteiger partial charge in [-0.3, -0.25) is 9.48 Å². The maximum Gasteiger partial charge on any atom is 0.244 e. The number of aliphatic hydroxyl groups is 1. The minimum absolute atomic E-state index is 0.00403. The van der Waals surface area contributed by atoms with Gasteiger partial charge < -0.3 is 15.7 Å². The normalized spacial score (nSPS) is 19.7. The molecule has 0 bridgehead atoms. The first-order valence-corrected chi connectivity index (χ1v) is 6.74. The number of nitrogens with two attached hydrogens (primary N) is 1.